The van der Waals surface area contributed by atoms with Crippen LogP contribution in [0.25, 0.3) is 0 Å². The Hall–Kier alpha value is -3.23. The number of halogens is 3. The molecule has 0 aliphatic carbocycles. The first-order valence-electron chi connectivity index (χ1n) is 9.54. The number of carbonyl (C=O) groups is 2. The summed E-state index contributed by atoms with van der Waals surface area (Å²) in [7, 11) is 0. The normalized spacial score (nSPS) is 12.8. The lowest BCUT2D eigenvalue weighted by atomic mass is 10.0. The van der Waals surface area contributed by atoms with E-state index in [4.69, 9.17) is 0 Å². The van der Waals surface area contributed by atoms with Crippen LogP contribution in [0.5, 0.6) is 5.75 Å². The number of nitrogens with zero attached hydrogens (tertiary/aromatic N) is 1. The van der Waals surface area contributed by atoms with Gasteiger partial charge in [-0.2, -0.15) is 13.2 Å². The van der Waals surface area contributed by atoms with E-state index in [1.54, 1.807) is 32.9 Å². The van der Waals surface area contributed by atoms with E-state index in [0.29, 0.717) is 6.07 Å². The molecule has 0 fully saturated rings. The summed E-state index contributed by atoms with van der Waals surface area (Å²) in [4.78, 5) is 25.6. The van der Waals surface area contributed by atoms with E-state index in [1.807, 2.05) is 18.2 Å². The molecule has 2 aromatic carbocycles. The van der Waals surface area contributed by atoms with Crippen LogP contribution in [0.1, 0.15) is 42.3 Å². The third-order valence-corrected chi connectivity index (χ3v) is 4.67. The summed E-state index contributed by atoms with van der Waals surface area (Å²) in [6.45, 7) is 5.05. The Kier molecular flexibility index (Phi) is 7.20. The number of aromatic hydroxyl groups is 1. The predicted octanol–water partition coefficient (Wildman–Crippen LogP) is 4.53. The SMILES string of the molecule is CC(C)(C)N(CC(Cc1ccccc1)NC(=O)c1ccc(O)c(C(F)(F)F)c1)C(=O)O. The molecule has 2 aromatic rings. The van der Waals surface area contributed by atoms with Gasteiger partial charge in [0.2, 0.25) is 0 Å². The van der Waals surface area contributed by atoms with Crippen molar-refractivity contribution < 1.29 is 33.0 Å². The number of carboxylic acid groups (broad SMARTS) is 1. The summed E-state index contributed by atoms with van der Waals surface area (Å²) in [5.41, 5.74) is -1.54. The van der Waals surface area contributed by atoms with Crippen molar-refractivity contribution in [2.24, 2.45) is 0 Å². The topological polar surface area (TPSA) is 89.9 Å². The third-order valence-electron chi connectivity index (χ3n) is 4.67. The molecule has 0 aliphatic rings. The largest absolute Gasteiger partial charge is 0.507 e. The minimum Gasteiger partial charge on any atom is -0.507 e. The van der Waals surface area contributed by atoms with Crippen molar-refractivity contribution in [2.75, 3.05) is 6.54 Å². The van der Waals surface area contributed by atoms with E-state index in [9.17, 15) is 33.0 Å². The van der Waals surface area contributed by atoms with Gasteiger partial charge in [-0.1, -0.05) is 30.3 Å². The lowest BCUT2D eigenvalue weighted by molar-refractivity contribution is -0.138. The van der Waals surface area contributed by atoms with E-state index >= 15 is 0 Å². The number of phenols is 1. The number of alkyl halides is 3. The van der Waals surface area contributed by atoms with Crippen LogP contribution < -0.4 is 5.32 Å². The Balaban J connectivity index is 2.32. The predicted molar refractivity (Wildman–Crippen MR) is 109 cm³/mol. The van der Waals surface area contributed by atoms with Crippen molar-refractivity contribution in [3.8, 4) is 5.75 Å². The van der Waals surface area contributed by atoms with E-state index in [-0.39, 0.29) is 18.5 Å². The van der Waals surface area contributed by atoms with Crippen LogP contribution in [-0.4, -0.2) is 45.2 Å². The second kappa shape index (κ2) is 9.28. The summed E-state index contributed by atoms with van der Waals surface area (Å²) in [5, 5.41) is 21.7. The number of benzene rings is 2. The molecule has 1 unspecified atom stereocenters. The summed E-state index contributed by atoms with van der Waals surface area (Å²) in [6.07, 6.45) is -5.73. The van der Waals surface area contributed by atoms with Gasteiger partial charge in [0.05, 0.1) is 11.6 Å². The number of amides is 2. The number of rotatable bonds is 6. The highest BCUT2D eigenvalue weighted by Gasteiger charge is 2.35. The molecule has 2 amide bonds. The summed E-state index contributed by atoms with van der Waals surface area (Å²) >= 11 is 0. The molecule has 0 saturated heterocycles. The van der Waals surface area contributed by atoms with Crippen molar-refractivity contribution in [3.05, 3.63) is 65.2 Å². The number of hydrogen-bond donors (Lipinski definition) is 3. The van der Waals surface area contributed by atoms with Crippen LogP contribution in [0.3, 0.4) is 0 Å². The monoisotopic (exact) mass is 438 g/mol. The number of hydrogen-bond acceptors (Lipinski definition) is 3. The van der Waals surface area contributed by atoms with Crippen LogP contribution in [0, 0.1) is 0 Å². The van der Waals surface area contributed by atoms with Crippen molar-refractivity contribution in [3.63, 3.8) is 0 Å². The van der Waals surface area contributed by atoms with E-state index in [1.165, 1.54) is 4.90 Å². The fourth-order valence-electron chi connectivity index (χ4n) is 3.09. The lowest BCUT2D eigenvalue weighted by Crippen LogP contribution is -2.53. The maximum Gasteiger partial charge on any atom is 0.419 e. The Morgan fingerprint density at radius 3 is 2.19 bits per heavy atom. The summed E-state index contributed by atoms with van der Waals surface area (Å²) in [6, 6.07) is 10.8. The molecule has 9 heteroatoms. The third kappa shape index (κ3) is 6.63. The zero-order chi connectivity index (χ0) is 23.4. The molecule has 168 valence electrons. The van der Waals surface area contributed by atoms with Crippen LogP contribution >= 0.6 is 0 Å². The standard InChI is InChI=1S/C22H25F3N2O4/c1-21(2,3)27(20(30)31)13-16(11-14-7-5-4-6-8-14)26-19(29)15-9-10-18(28)17(12-15)22(23,24)25/h4-10,12,16,28H,11,13H2,1-3H3,(H,26,29)(H,30,31). The quantitative estimate of drug-likeness (QED) is 0.618. The Morgan fingerprint density at radius 1 is 1.06 bits per heavy atom. The molecule has 6 nitrogen and oxygen atoms in total. The van der Waals surface area contributed by atoms with Gasteiger partial charge >= 0.3 is 12.3 Å². The zero-order valence-corrected chi connectivity index (χ0v) is 17.4. The van der Waals surface area contributed by atoms with Crippen molar-refractivity contribution in [1.82, 2.24) is 10.2 Å². The van der Waals surface area contributed by atoms with Gasteiger partial charge in [0.1, 0.15) is 5.75 Å². The van der Waals surface area contributed by atoms with E-state index in [2.05, 4.69) is 5.32 Å². The molecule has 1 atom stereocenters. The first kappa shape index (κ1) is 24.0. The first-order chi connectivity index (χ1) is 14.3. The van der Waals surface area contributed by atoms with Gasteiger partial charge in [0, 0.05) is 17.6 Å². The second-order valence-corrected chi connectivity index (χ2v) is 8.15. The molecule has 0 heterocycles. The number of nitrogens with one attached hydrogen (secondary N) is 1. The van der Waals surface area contributed by atoms with Crippen LogP contribution in [-0.2, 0) is 12.6 Å². The van der Waals surface area contributed by atoms with Gasteiger partial charge < -0.3 is 20.4 Å². The van der Waals surface area contributed by atoms with Gasteiger partial charge in [-0.15, -0.1) is 0 Å². The maximum absolute atomic E-state index is 13.1. The van der Waals surface area contributed by atoms with Gasteiger partial charge in [-0.05, 0) is 51.0 Å². The average molecular weight is 438 g/mol. The molecule has 0 aliphatic heterocycles. The number of phenolic OH excluding ortho intramolecular Hbond substituents is 1. The van der Waals surface area contributed by atoms with Crippen LogP contribution in [0.4, 0.5) is 18.0 Å². The number of carbonyl (C=O) groups excluding carboxylic acids is 1. The maximum atomic E-state index is 13.1. The minimum absolute atomic E-state index is 0.0658. The average Bonchev–Trinajstić information content (AvgIpc) is 2.64. The molecule has 31 heavy (non-hydrogen) atoms. The van der Waals surface area contributed by atoms with Gasteiger partial charge in [-0.3, -0.25) is 4.79 Å². The molecule has 0 saturated carbocycles. The zero-order valence-electron chi connectivity index (χ0n) is 17.4. The smallest absolute Gasteiger partial charge is 0.419 e. The van der Waals surface area contributed by atoms with Crippen molar-refractivity contribution >= 4 is 12.0 Å². The Labute approximate surface area is 178 Å². The molecular formula is C22H25F3N2O4. The highest BCUT2D eigenvalue weighted by Crippen LogP contribution is 2.36. The molecule has 0 aromatic heterocycles. The Bertz CT molecular complexity index is 925. The highest BCUT2D eigenvalue weighted by molar-refractivity contribution is 5.94. The fraction of sp³-hybridized carbons (Fsp3) is 0.364. The minimum atomic E-state index is -4.82. The van der Waals surface area contributed by atoms with Gasteiger partial charge in [0.15, 0.2) is 0 Å². The van der Waals surface area contributed by atoms with Crippen molar-refractivity contribution in [2.45, 2.75) is 44.9 Å². The fourth-order valence-corrected chi connectivity index (χ4v) is 3.09. The molecular weight excluding hydrogens is 413 g/mol. The molecule has 2 rings (SSSR count). The van der Waals surface area contributed by atoms with Crippen molar-refractivity contribution in [1.29, 1.82) is 0 Å². The molecule has 0 spiro atoms. The van der Waals surface area contributed by atoms with Crippen LogP contribution in [0.2, 0.25) is 0 Å². The lowest BCUT2D eigenvalue weighted by Gasteiger charge is -2.36. The highest BCUT2D eigenvalue weighted by atomic mass is 19.4. The van der Waals surface area contributed by atoms with Crippen LogP contribution in [0.15, 0.2) is 48.5 Å². The Morgan fingerprint density at radius 2 is 1.68 bits per heavy atom. The summed E-state index contributed by atoms with van der Waals surface area (Å²) < 4.78 is 39.2. The van der Waals surface area contributed by atoms with E-state index < -0.39 is 41.1 Å². The van der Waals surface area contributed by atoms with Gasteiger partial charge in [0.25, 0.3) is 5.91 Å². The van der Waals surface area contributed by atoms with Gasteiger partial charge in [-0.25, -0.2) is 4.79 Å². The first-order valence-corrected chi connectivity index (χ1v) is 9.54. The summed E-state index contributed by atoms with van der Waals surface area (Å²) in [5.74, 6) is -1.78. The molecule has 3 N–H and O–H groups in total. The second-order valence-electron chi connectivity index (χ2n) is 8.15. The molecule has 0 bridgehead atoms. The van der Waals surface area contributed by atoms with E-state index in [0.717, 1.165) is 17.7 Å². The molecule has 0 radical (unpaired) electrons.